The summed E-state index contributed by atoms with van der Waals surface area (Å²) in [7, 11) is 1.59. The second-order valence-electron chi connectivity index (χ2n) is 8.49. The second-order valence-corrected chi connectivity index (χ2v) is 8.49. The Hall–Kier alpha value is -3.70. The first kappa shape index (κ1) is 25.9. The number of aromatic nitrogens is 2. The van der Waals surface area contributed by atoms with E-state index in [0.29, 0.717) is 47.7 Å². The number of nitrogens with one attached hydrogen (secondary N) is 1. The monoisotopic (exact) mass is 475 g/mol. The third kappa shape index (κ3) is 6.46. The third-order valence-corrected chi connectivity index (χ3v) is 6.01. The molecule has 0 saturated carbocycles. The van der Waals surface area contributed by atoms with Crippen molar-refractivity contribution >= 4 is 22.6 Å². The van der Waals surface area contributed by atoms with E-state index in [1.165, 1.54) is 0 Å². The summed E-state index contributed by atoms with van der Waals surface area (Å²) in [5, 5.41) is 12.7. The second kappa shape index (κ2) is 12.7. The summed E-state index contributed by atoms with van der Waals surface area (Å²) >= 11 is 0. The molecule has 0 aliphatic heterocycles. The summed E-state index contributed by atoms with van der Waals surface area (Å²) in [6.45, 7) is 5.23. The molecule has 2 amide bonds. The molecule has 1 unspecified atom stereocenters. The van der Waals surface area contributed by atoms with Gasteiger partial charge in [0, 0.05) is 19.3 Å². The van der Waals surface area contributed by atoms with Crippen LogP contribution in [0.3, 0.4) is 0 Å². The molecule has 0 bridgehead atoms. The van der Waals surface area contributed by atoms with E-state index in [-0.39, 0.29) is 11.6 Å². The number of fused-ring (bicyclic) bond motifs is 1. The van der Waals surface area contributed by atoms with Crippen molar-refractivity contribution in [2.45, 2.75) is 52.1 Å². The topological polar surface area (TPSA) is 100 Å². The van der Waals surface area contributed by atoms with Crippen LogP contribution in [-0.2, 0) is 11.3 Å². The molecule has 0 aliphatic rings. The maximum Gasteiger partial charge on any atom is 0.322 e. The summed E-state index contributed by atoms with van der Waals surface area (Å²) in [6.07, 6.45) is 4.00. The highest BCUT2D eigenvalue weighted by Gasteiger charge is 2.26. The highest BCUT2D eigenvalue weighted by molar-refractivity contribution is 5.89. The van der Waals surface area contributed by atoms with Gasteiger partial charge < -0.3 is 15.0 Å². The lowest BCUT2D eigenvalue weighted by Gasteiger charge is -2.30. The lowest BCUT2D eigenvalue weighted by Crippen LogP contribution is -2.41. The van der Waals surface area contributed by atoms with Crippen LogP contribution in [0.15, 0.2) is 53.3 Å². The van der Waals surface area contributed by atoms with Crippen molar-refractivity contribution < 1.29 is 9.53 Å². The van der Waals surface area contributed by atoms with Crippen LogP contribution in [0.4, 0.5) is 10.5 Å². The number of rotatable bonds is 11. The SMILES string of the molecule is CCCCCCN(C(=O)Nc1cccc(C#N)c1)C(C)c1nc2ccccc2c(=O)n1CCOC. The number of urea groups is 1. The van der Waals surface area contributed by atoms with Crippen molar-refractivity contribution in [1.82, 2.24) is 14.5 Å². The Kier molecular flexibility index (Phi) is 9.39. The zero-order valence-electron chi connectivity index (χ0n) is 20.7. The minimum Gasteiger partial charge on any atom is -0.383 e. The summed E-state index contributed by atoms with van der Waals surface area (Å²) in [6, 6.07) is 15.4. The molecule has 8 heteroatoms. The zero-order chi connectivity index (χ0) is 25.2. The van der Waals surface area contributed by atoms with Gasteiger partial charge in [-0.15, -0.1) is 0 Å². The van der Waals surface area contributed by atoms with E-state index in [1.807, 2.05) is 25.1 Å². The van der Waals surface area contributed by atoms with Crippen molar-refractivity contribution in [3.8, 4) is 6.07 Å². The van der Waals surface area contributed by atoms with Gasteiger partial charge in [0.15, 0.2) is 0 Å². The van der Waals surface area contributed by atoms with Crippen LogP contribution in [0.25, 0.3) is 10.9 Å². The van der Waals surface area contributed by atoms with Crippen LogP contribution in [0.5, 0.6) is 0 Å². The molecule has 1 atom stereocenters. The van der Waals surface area contributed by atoms with E-state index in [9.17, 15) is 14.9 Å². The Labute approximate surface area is 206 Å². The van der Waals surface area contributed by atoms with Gasteiger partial charge in [0.25, 0.3) is 5.56 Å². The van der Waals surface area contributed by atoms with Gasteiger partial charge in [-0.25, -0.2) is 9.78 Å². The molecular formula is C27H33N5O3. The largest absolute Gasteiger partial charge is 0.383 e. The van der Waals surface area contributed by atoms with E-state index in [1.54, 1.807) is 46.9 Å². The molecule has 184 valence electrons. The highest BCUT2D eigenvalue weighted by Crippen LogP contribution is 2.23. The standard InChI is InChI=1S/C27H33N5O3/c1-4-5-6-9-15-31(27(34)29-22-12-10-11-21(18-22)19-28)20(2)25-30-24-14-8-7-13-23(24)26(33)32(25)16-17-35-3/h7-8,10-14,18,20H,4-6,9,15-17H2,1-3H3,(H,29,34). The number of methoxy groups -OCH3 is 1. The molecular weight excluding hydrogens is 442 g/mol. The molecule has 1 N–H and O–H groups in total. The highest BCUT2D eigenvalue weighted by atomic mass is 16.5. The first-order valence-corrected chi connectivity index (χ1v) is 12.1. The molecule has 1 aromatic heterocycles. The van der Waals surface area contributed by atoms with Gasteiger partial charge in [0.2, 0.25) is 0 Å². The molecule has 2 aromatic carbocycles. The number of hydrogen-bond donors (Lipinski definition) is 1. The quantitative estimate of drug-likeness (QED) is 0.389. The summed E-state index contributed by atoms with van der Waals surface area (Å²) in [5.74, 6) is 0.516. The van der Waals surface area contributed by atoms with Crippen molar-refractivity contribution in [3.05, 3.63) is 70.3 Å². The number of ether oxygens (including phenoxy) is 1. The van der Waals surface area contributed by atoms with Crippen LogP contribution in [0, 0.1) is 11.3 Å². The average Bonchev–Trinajstić information content (AvgIpc) is 2.87. The fraction of sp³-hybridized carbons (Fsp3) is 0.407. The summed E-state index contributed by atoms with van der Waals surface area (Å²) in [4.78, 5) is 33.3. The smallest absolute Gasteiger partial charge is 0.322 e. The van der Waals surface area contributed by atoms with Gasteiger partial charge in [-0.05, 0) is 43.7 Å². The average molecular weight is 476 g/mol. The first-order chi connectivity index (χ1) is 17.0. The molecule has 0 saturated heterocycles. The van der Waals surface area contributed by atoms with Crippen LogP contribution in [-0.4, -0.2) is 40.7 Å². The van der Waals surface area contributed by atoms with Gasteiger partial charge in [-0.3, -0.25) is 9.36 Å². The maximum absolute atomic E-state index is 13.5. The van der Waals surface area contributed by atoms with Crippen molar-refractivity contribution in [2.24, 2.45) is 0 Å². The molecule has 8 nitrogen and oxygen atoms in total. The Morgan fingerprint density at radius 1 is 1.20 bits per heavy atom. The number of carbonyl (C=O) groups excluding carboxylic acids is 1. The van der Waals surface area contributed by atoms with E-state index in [0.717, 1.165) is 25.7 Å². The zero-order valence-corrected chi connectivity index (χ0v) is 20.7. The molecule has 0 spiro atoms. The lowest BCUT2D eigenvalue weighted by molar-refractivity contribution is 0.173. The van der Waals surface area contributed by atoms with Crippen LogP contribution < -0.4 is 10.9 Å². The Morgan fingerprint density at radius 3 is 2.74 bits per heavy atom. The van der Waals surface area contributed by atoms with Crippen molar-refractivity contribution in [1.29, 1.82) is 5.26 Å². The first-order valence-electron chi connectivity index (χ1n) is 12.1. The van der Waals surface area contributed by atoms with E-state index in [2.05, 4.69) is 18.3 Å². The number of benzene rings is 2. The fourth-order valence-electron chi connectivity index (χ4n) is 4.08. The Bertz CT molecular complexity index is 1250. The van der Waals surface area contributed by atoms with Gasteiger partial charge >= 0.3 is 6.03 Å². The molecule has 1 heterocycles. The Balaban J connectivity index is 1.99. The predicted molar refractivity (Wildman–Crippen MR) is 137 cm³/mol. The van der Waals surface area contributed by atoms with E-state index >= 15 is 0 Å². The number of carbonyl (C=O) groups is 1. The van der Waals surface area contributed by atoms with Gasteiger partial charge in [0.05, 0.1) is 41.7 Å². The van der Waals surface area contributed by atoms with Gasteiger partial charge in [0.1, 0.15) is 5.82 Å². The van der Waals surface area contributed by atoms with Crippen LogP contribution >= 0.6 is 0 Å². The van der Waals surface area contributed by atoms with E-state index < -0.39 is 6.04 Å². The molecule has 0 fully saturated rings. The number of para-hydroxylation sites is 1. The van der Waals surface area contributed by atoms with Crippen molar-refractivity contribution in [2.75, 3.05) is 25.6 Å². The summed E-state index contributed by atoms with van der Waals surface area (Å²) in [5.41, 5.74) is 1.46. The van der Waals surface area contributed by atoms with Crippen molar-refractivity contribution in [3.63, 3.8) is 0 Å². The number of anilines is 1. The Morgan fingerprint density at radius 2 is 2.00 bits per heavy atom. The summed E-state index contributed by atoms with van der Waals surface area (Å²) < 4.78 is 6.85. The number of nitrogens with zero attached hydrogens (tertiary/aromatic N) is 4. The molecule has 35 heavy (non-hydrogen) atoms. The minimum atomic E-state index is -0.468. The van der Waals surface area contributed by atoms with Crippen LogP contribution in [0.2, 0.25) is 0 Å². The molecule has 0 aliphatic carbocycles. The third-order valence-electron chi connectivity index (χ3n) is 6.01. The van der Waals surface area contributed by atoms with E-state index in [4.69, 9.17) is 9.72 Å². The van der Waals surface area contributed by atoms with Gasteiger partial charge in [-0.1, -0.05) is 44.4 Å². The predicted octanol–water partition coefficient (Wildman–Crippen LogP) is 5.09. The number of amides is 2. The van der Waals surface area contributed by atoms with Gasteiger partial charge in [-0.2, -0.15) is 5.26 Å². The molecule has 0 radical (unpaired) electrons. The fourth-order valence-corrected chi connectivity index (χ4v) is 4.08. The minimum absolute atomic E-state index is 0.150. The molecule has 3 rings (SSSR count). The number of hydrogen-bond acceptors (Lipinski definition) is 5. The maximum atomic E-state index is 13.5. The molecule has 3 aromatic rings. The number of unbranched alkanes of at least 4 members (excludes halogenated alkanes) is 3. The normalized spacial score (nSPS) is 11.7. The van der Waals surface area contributed by atoms with Crippen LogP contribution in [0.1, 0.15) is 57.0 Å². The lowest BCUT2D eigenvalue weighted by atomic mass is 10.1. The number of nitriles is 1.